The summed E-state index contributed by atoms with van der Waals surface area (Å²) in [6, 6.07) is 45.8. The summed E-state index contributed by atoms with van der Waals surface area (Å²) in [5.41, 5.74) is 4.97. The Kier molecular flexibility index (Phi) is 5.91. The highest BCUT2D eigenvalue weighted by Gasteiger charge is 2.41. The molecule has 6 rings (SSSR count). The Balaban J connectivity index is 1.69. The molecule has 3 heteroatoms. The summed E-state index contributed by atoms with van der Waals surface area (Å²) >= 11 is 0. The molecule has 180 valence electrons. The van der Waals surface area contributed by atoms with E-state index in [-0.39, 0.29) is 0 Å². The molecule has 6 aromatic rings. The summed E-state index contributed by atoms with van der Waals surface area (Å²) in [5, 5.41) is 14.2. The normalized spacial score (nSPS) is 12.5. The van der Waals surface area contributed by atoms with E-state index in [1.165, 1.54) is 0 Å². The second-order valence-electron chi connectivity index (χ2n) is 9.36. The number of aromatic nitrogens is 2. The second kappa shape index (κ2) is 9.53. The number of hydrogen-bond donors (Lipinski definition) is 1. The molecule has 1 atom stereocenters. The van der Waals surface area contributed by atoms with Gasteiger partial charge >= 0.3 is 0 Å². The lowest BCUT2D eigenvalue weighted by molar-refractivity contribution is 0.206. The van der Waals surface area contributed by atoms with Gasteiger partial charge in [0, 0.05) is 0 Å². The Morgan fingerprint density at radius 2 is 1.11 bits per heavy atom. The topological polar surface area (TPSA) is 38.0 Å². The van der Waals surface area contributed by atoms with E-state index in [0.29, 0.717) is 0 Å². The van der Waals surface area contributed by atoms with Gasteiger partial charge in [-0.2, -0.15) is 0 Å². The lowest BCUT2D eigenvalue weighted by atomic mass is 9.76. The summed E-state index contributed by atoms with van der Waals surface area (Å²) in [5.74, 6) is 0. The van der Waals surface area contributed by atoms with Gasteiger partial charge in [0.1, 0.15) is 11.6 Å². The van der Waals surface area contributed by atoms with Gasteiger partial charge in [-0.3, -0.25) is 0 Å². The number of aliphatic hydroxyl groups excluding tert-OH is 1. The highest BCUT2D eigenvalue weighted by molar-refractivity contribution is 5.86. The first-order valence-electron chi connectivity index (χ1n) is 12.6. The second-order valence-corrected chi connectivity index (χ2v) is 9.36. The van der Waals surface area contributed by atoms with Crippen LogP contribution in [0.2, 0.25) is 0 Å². The zero-order chi connectivity index (χ0) is 25.2. The molecular formula is C34H28N2O. The summed E-state index contributed by atoms with van der Waals surface area (Å²) in [6.45, 7) is 1.98. The smallest absolute Gasteiger partial charge is 0.122 e. The summed E-state index contributed by atoms with van der Waals surface area (Å²) in [6.07, 6.45) is 1.01. The van der Waals surface area contributed by atoms with Crippen LogP contribution >= 0.6 is 0 Å². The van der Waals surface area contributed by atoms with Gasteiger partial charge in [0.15, 0.2) is 0 Å². The molecule has 0 saturated carbocycles. The van der Waals surface area contributed by atoms with Crippen molar-refractivity contribution in [1.82, 2.24) is 9.55 Å². The number of fused-ring (bicyclic) bond motifs is 1. The molecule has 1 aromatic heterocycles. The number of hydrogen-bond acceptors (Lipinski definition) is 2. The Labute approximate surface area is 217 Å². The minimum absolute atomic E-state index is 0.744. The third-order valence-corrected chi connectivity index (χ3v) is 7.31. The van der Waals surface area contributed by atoms with Crippen LogP contribution in [0.5, 0.6) is 0 Å². The van der Waals surface area contributed by atoms with E-state index >= 15 is 0 Å². The zero-order valence-electron chi connectivity index (χ0n) is 20.7. The Bertz CT molecular complexity index is 1540. The fraction of sp³-hybridized carbons (Fsp3) is 0.0882. The van der Waals surface area contributed by atoms with Crippen LogP contribution in [0.3, 0.4) is 0 Å². The van der Waals surface area contributed by atoms with Crippen LogP contribution in [0.4, 0.5) is 0 Å². The van der Waals surface area contributed by atoms with E-state index in [1.807, 2.05) is 55.7 Å². The van der Waals surface area contributed by atoms with Crippen LogP contribution < -0.4 is 0 Å². The highest BCUT2D eigenvalue weighted by Crippen LogP contribution is 2.44. The molecule has 1 N–H and O–H groups in total. The van der Waals surface area contributed by atoms with Gasteiger partial charge in [-0.15, -0.1) is 0 Å². The number of imidazole rings is 1. The maximum absolute atomic E-state index is 12.1. The molecule has 1 unspecified atom stereocenters. The van der Waals surface area contributed by atoms with E-state index < -0.39 is 11.6 Å². The fourth-order valence-electron chi connectivity index (χ4n) is 5.64. The first-order chi connectivity index (χ1) is 18.2. The lowest BCUT2D eigenvalue weighted by Crippen LogP contribution is -2.39. The molecule has 0 aliphatic rings. The summed E-state index contributed by atoms with van der Waals surface area (Å²) in [4.78, 5) is 4.79. The number of rotatable bonds is 6. The van der Waals surface area contributed by atoms with Gasteiger partial charge in [-0.05, 0) is 39.9 Å². The number of benzene rings is 5. The quantitative estimate of drug-likeness (QED) is 0.255. The Hall–Kier alpha value is -4.47. The summed E-state index contributed by atoms with van der Waals surface area (Å²) < 4.78 is 2.18. The third kappa shape index (κ3) is 3.76. The minimum Gasteiger partial charge on any atom is -0.382 e. The molecule has 0 aliphatic heterocycles. The van der Waals surface area contributed by atoms with Crippen molar-refractivity contribution < 1.29 is 5.11 Å². The SMILES string of the molecule is Cc1ncn(C(c2ccccc2)(c2ccccc2)c2ccccc2)c1C(O)c1cccc2ccccc12. The van der Waals surface area contributed by atoms with Gasteiger partial charge in [0.05, 0.1) is 17.7 Å². The van der Waals surface area contributed by atoms with E-state index in [4.69, 9.17) is 4.98 Å². The lowest BCUT2D eigenvalue weighted by Gasteiger charge is -2.39. The van der Waals surface area contributed by atoms with Crippen molar-refractivity contribution in [2.24, 2.45) is 0 Å². The van der Waals surface area contributed by atoms with Gasteiger partial charge in [0.25, 0.3) is 0 Å². The number of aliphatic hydroxyl groups is 1. The molecule has 0 saturated heterocycles. The van der Waals surface area contributed by atoms with Crippen LogP contribution in [0.1, 0.15) is 39.7 Å². The molecule has 37 heavy (non-hydrogen) atoms. The van der Waals surface area contributed by atoms with Gasteiger partial charge in [0.2, 0.25) is 0 Å². The van der Waals surface area contributed by atoms with E-state index in [9.17, 15) is 5.11 Å². The van der Waals surface area contributed by atoms with Crippen LogP contribution in [0, 0.1) is 6.92 Å². The van der Waals surface area contributed by atoms with Gasteiger partial charge < -0.3 is 9.67 Å². The molecule has 0 spiro atoms. The molecular weight excluding hydrogens is 452 g/mol. The van der Waals surface area contributed by atoms with Crippen molar-refractivity contribution in [3.63, 3.8) is 0 Å². The average molecular weight is 481 g/mol. The Morgan fingerprint density at radius 3 is 1.68 bits per heavy atom. The van der Waals surface area contributed by atoms with Crippen molar-refractivity contribution in [3.8, 4) is 0 Å². The molecule has 0 aliphatic carbocycles. The largest absolute Gasteiger partial charge is 0.382 e. The fourth-order valence-corrected chi connectivity index (χ4v) is 5.64. The first-order valence-corrected chi connectivity index (χ1v) is 12.6. The maximum Gasteiger partial charge on any atom is 0.122 e. The van der Waals surface area contributed by atoms with Crippen LogP contribution in [0.25, 0.3) is 10.8 Å². The Morgan fingerprint density at radius 1 is 0.622 bits per heavy atom. The minimum atomic E-state index is -0.871. The molecule has 3 nitrogen and oxygen atoms in total. The highest BCUT2D eigenvalue weighted by atomic mass is 16.3. The van der Waals surface area contributed by atoms with Crippen molar-refractivity contribution in [2.75, 3.05) is 0 Å². The van der Waals surface area contributed by atoms with Crippen molar-refractivity contribution >= 4 is 10.8 Å². The summed E-state index contributed by atoms with van der Waals surface area (Å²) in [7, 11) is 0. The zero-order valence-corrected chi connectivity index (χ0v) is 20.7. The standard InChI is InChI=1S/C34H28N2O/c1-25-32(33(37)31-23-13-15-26-14-11-12-22-30(26)31)36(24-35-25)34(27-16-5-2-6-17-27,28-18-7-3-8-19-28)29-20-9-4-10-21-29/h2-24,33,37H,1H3. The average Bonchev–Trinajstić information content (AvgIpc) is 3.36. The predicted molar refractivity (Wildman–Crippen MR) is 150 cm³/mol. The van der Waals surface area contributed by atoms with Crippen LogP contribution in [-0.2, 0) is 5.54 Å². The third-order valence-electron chi connectivity index (χ3n) is 7.31. The van der Waals surface area contributed by atoms with Crippen molar-refractivity contribution in [2.45, 2.75) is 18.6 Å². The monoisotopic (exact) mass is 480 g/mol. The van der Waals surface area contributed by atoms with E-state index in [2.05, 4.69) is 95.6 Å². The molecule has 0 amide bonds. The molecule has 5 aromatic carbocycles. The van der Waals surface area contributed by atoms with Crippen molar-refractivity contribution in [1.29, 1.82) is 0 Å². The van der Waals surface area contributed by atoms with E-state index in [0.717, 1.165) is 44.4 Å². The molecule has 0 bridgehead atoms. The molecule has 0 radical (unpaired) electrons. The predicted octanol–water partition coefficient (Wildman–Crippen LogP) is 7.27. The van der Waals surface area contributed by atoms with Crippen molar-refractivity contribution in [3.05, 3.63) is 173 Å². The number of nitrogens with zero attached hydrogens (tertiary/aromatic N) is 2. The van der Waals surface area contributed by atoms with Crippen LogP contribution in [-0.4, -0.2) is 14.7 Å². The molecule has 0 fully saturated rings. The first kappa shape index (κ1) is 23.0. The van der Waals surface area contributed by atoms with Crippen LogP contribution in [0.15, 0.2) is 140 Å². The van der Waals surface area contributed by atoms with E-state index in [1.54, 1.807) is 0 Å². The molecule has 1 heterocycles. The van der Waals surface area contributed by atoms with Gasteiger partial charge in [-0.25, -0.2) is 4.98 Å². The van der Waals surface area contributed by atoms with Gasteiger partial charge in [-0.1, -0.05) is 133 Å². The maximum atomic E-state index is 12.1. The number of aryl methyl sites for hydroxylation is 1.